The lowest BCUT2D eigenvalue weighted by atomic mass is 10.1. The first kappa shape index (κ1) is 28.5. The molecule has 220 valence electrons. The molecule has 2 heterocycles. The summed E-state index contributed by atoms with van der Waals surface area (Å²) in [6.45, 7) is 13.3. The molecule has 0 aliphatic heterocycles. The van der Waals surface area contributed by atoms with E-state index < -0.39 is 0 Å². The summed E-state index contributed by atoms with van der Waals surface area (Å²) in [6, 6.07) is 27.6. The largest absolute Gasteiger partial charge is 0.324 e. The maximum absolute atomic E-state index is 2.69. The Bertz CT molecular complexity index is 1670. The molecule has 42 heavy (non-hydrogen) atoms. The molecule has 0 aliphatic carbocycles. The first-order chi connectivity index (χ1) is 20.7. The molecule has 0 radical (unpaired) electrons. The number of unbranched alkanes of at least 4 members (excludes halogenated alkanes) is 4. The first-order valence-electron chi connectivity index (χ1n) is 16.6. The summed E-state index contributed by atoms with van der Waals surface area (Å²) in [5.74, 6) is 0. The number of hydrogen-bond donors (Lipinski definition) is 0. The van der Waals surface area contributed by atoms with Gasteiger partial charge in [-0.15, -0.1) is 0 Å². The summed E-state index contributed by atoms with van der Waals surface area (Å²) >= 11 is 0. The van der Waals surface area contributed by atoms with Crippen LogP contribution in [0, 0.1) is 11.0 Å². The van der Waals surface area contributed by atoms with Gasteiger partial charge in [0.25, 0.3) is 0 Å². The van der Waals surface area contributed by atoms with Gasteiger partial charge in [-0.2, -0.15) is 0 Å². The third-order valence-electron chi connectivity index (χ3n) is 9.05. The van der Waals surface area contributed by atoms with Gasteiger partial charge in [0, 0.05) is 37.0 Å². The molecular weight excluding hydrogens is 512 g/mol. The minimum absolute atomic E-state index is 1.01. The van der Waals surface area contributed by atoms with Crippen molar-refractivity contribution >= 4 is 43.6 Å². The predicted molar refractivity (Wildman–Crippen MR) is 181 cm³/mol. The molecule has 6 aromatic rings. The minimum Gasteiger partial charge on any atom is -0.324 e. The molecule has 0 unspecified atom stereocenters. The molecule has 4 aromatic carbocycles. The fraction of sp³-hybridized carbons (Fsp3) is 0.421. The second kappa shape index (κ2) is 12.7. The topological polar surface area (TPSA) is 19.7 Å². The number of aromatic nitrogens is 4. The van der Waals surface area contributed by atoms with Gasteiger partial charge in [0.1, 0.15) is 0 Å². The zero-order valence-electron chi connectivity index (χ0n) is 26.2. The number of rotatable bonds is 12. The lowest BCUT2D eigenvalue weighted by Crippen LogP contribution is -2.21. The molecule has 0 atom stereocenters. The standard InChI is InChI=1S/C38H48N4/c1-5-9-25-39-31-21-13-17-29-18-14-22-32(35(29)31)40(26-10-6-2)37(39)38-41(27-11-7-3)33-23-15-19-30-20-16-24-34(36(30)33)42(38)28-12-8-4/h13-24H,5-12,25-28H2,1-4H3. The van der Waals surface area contributed by atoms with Crippen LogP contribution in [0.4, 0.5) is 0 Å². The SMILES string of the molecule is CCCCn1c(=c2n(CCCC)c3cccc4cccc(c43)n2CCCC)n(CCCC)c2cccc3cccc1c32. The van der Waals surface area contributed by atoms with E-state index in [1.165, 1.54) is 80.3 Å². The summed E-state index contributed by atoms with van der Waals surface area (Å²) in [5, 5.41) is 5.47. The molecule has 2 aromatic heterocycles. The summed E-state index contributed by atoms with van der Waals surface area (Å²) < 4.78 is 10.8. The highest BCUT2D eigenvalue weighted by atomic mass is 15.2. The zero-order chi connectivity index (χ0) is 29.1. The van der Waals surface area contributed by atoms with Crippen molar-refractivity contribution in [2.45, 2.75) is 105 Å². The van der Waals surface area contributed by atoms with Gasteiger partial charge in [0.15, 0.2) is 11.0 Å². The molecule has 0 N–H and O–H groups in total. The summed E-state index contributed by atoms with van der Waals surface area (Å²) in [4.78, 5) is 0. The quantitative estimate of drug-likeness (QED) is 0.142. The van der Waals surface area contributed by atoms with Gasteiger partial charge < -0.3 is 18.3 Å². The van der Waals surface area contributed by atoms with Crippen LogP contribution in [0.3, 0.4) is 0 Å². The van der Waals surface area contributed by atoms with Crippen molar-refractivity contribution < 1.29 is 0 Å². The molecule has 0 saturated heterocycles. The number of aryl methyl sites for hydroxylation is 4. The van der Waals surface area contributed by atoms with E-state index in [2.05, 4.69) is 119 Å². The van der Waals surface area contributed by atoms with Crippen molar-refractivity contribution in [1.82, 2.24) is 18.3 Å². The van der Waals surface area contributed by atoms with Crippen LogP contribution in [-0.4, -0.2) is 18.3 Å². The predicted octanol–water partition coefficient (Wildman–Crippen LogP) is 10.6. The van der Waals surface area contributed by atoms with Gasteiger partial charge in [0.05, 0.1) is 22.1 Å². The highest BCUT2D eigenvalue weighted by Crippen LogP contribution is 2.32. The van der Waals surface area contributed by atoms with Crippen LogP contribution >= 0.6 is 0 Å². The Hall–Kier alpha value is -3.66. The van der Waals surface area contributed by atoms with Crippen molar-refractivity contribution in [2.75, 3.05) is 0 Å². The van der Waals surface area contributed by atoms with E-state index >= 15 is 0 Å². The fourth-order valence-electron chi connectivity index (χ4n) is 6.90. The van der Waals surface area contributed by atoms with Crippen LogP contribution in [-0.2, 0) is 26.2 Å². The third kappa shape index (κ3) is 4.89. The van der Waals surface area contributed by atoms with E-state index in [1.54, 1.807) is 0 Å². The Morgan fingerprint density at radius 2 is 0.643 bits per heavy atom. The Morgan fingerprint density at radius 1 is 0.381 bits per heavy atom. The molecule has 0 fully saturated rings. The van der Waals surface area contributed by atoms with E-state index in [0.717, 1.165) is 51.9 Å². The highest BCUT2D eigenvalue weighted by molar-refractivity contribution is 6.08. The molecule has 4 nitrogen and oxygen atoms in total. The number of benzene rings is 4. The molecule has 4 heteroatoms. The van der Waals surface area contributed by atoms with Crippen molar-refractivity contribution in [3.63, 3.8) is 0 Å². The zero-order valence-corrected chi connectivity index (χ0v) is 26.2. The molecular formula is C38H48N4. The van der Waals surface area contributed by atoms with E-state index in [9.17, 15) is 0 Å². The van der Waals surface area contributed by atoms with Crippen LogP contribution in [0.25, 0.3) is 43.6 Å². The molecule has 0 saturated carbocycles. The minimum atomic E-state index is 1.01. The molecule has 6 rings (SSSR count). The first-order valence-corrected chi connectivity index (χ1v) is 16.6. The normalized spacial score (nSPS) is 12.0. The second-order valence-electron chi connectivity index (χ2n) is 12.0. The van der Waals surface area contributed by atoms with Gasteiger partial charge in [0.2, 0.25) is 0 Å². The van der Waals surface area contributed by atoms with Gasteiger partial charge in [-0.05, 0) is 60.7 Å². The van der Waals surface area contributed by atoms with Crippen molar-refractivity contribution in [3.05, 3.63) is 83.8 Å². The van der Waals surface area contributed by atoms with Crippen molar-refractivity contribution in [3.8, 4) is 0 Å². The molecule has 0 bridgehead atoms. The smallest absolute Gasteiger partial charge is 0.155 e. The Balaban J connectivity index is 1.98. The molecule has 0 spiro atoms. The average Bonchev–Trinajstić information content (AvgIpc) is 3.03. The maximum atomic E-state index is 2.69. The summed E-state index contributed by atoms with van der Waals surface area (Å²) in [5.41, 5.74) is 8.15. The summed E-state index contributed by atoms with van der Waals surface area (Å²) in [7, 11) is 0. The average molecular weight is 561 g/mol. The Labute approximate surface area is 250 Å². The lowest BCUT2D eigenvalue weighted by Gasteiger charge is -2.26. The van der Waals surface area contributed by atoms with Crippen LogP contribution in [0.5, 0.6) is 0 Å². The molecule has 0 amide bonds. The summed E-state index contributed by atoms with van der Waals surface area (Å²) in [6.07, 6.45) is 9.33. The van der Waals surface area contributed by atoms with Crippen LogP contribution in [0.15, 0.2) is 72.8 Å². The van der Waals surface area contributed by atoms with Crippen molar-refractivity contribution in [2.24, 2.45) is 0 Å². The Kier molecular flexibility index (Phi) is 8.60. The van der Waals surface area contributed by atoms with Gasteiger partial charge >= 0.3 is 0 Å². The van der Waals surface area contributed by atoms with Crippen molar-refractivity contribution in [1.29, 1.82) is 0 Å². The monoisotopic (exact) mass is 560 g/mol. The van der Waals surface area contributed by atoms with Crippen LogP contribution < -0.4 is 0 Å². The highest BCUT2D eigenvalue weighted by Gasteiger charge is 2.18. The van der Waals surface area contributed by atoms with Crippen LogP contribution in [0.1, 0.15) is 79.1 Å². The van der Waals surface area contributed by atoms with Gasteiger partial charge in [-0.3, -0.25) is 0 Å². The lowest BCUT2D eigenvalue weighted by molar-refractivity contribution is 0.514. The number of hydrogen-bond acceptors (Lipinski definition) is 0. The van der Waals surface area contributed by atoms with Crippen LogP contribution in [0.2, 0.25) is 0 Å². The molecule has 0 aliphatic rings. The van der Waals surface area contributed by atoms with Gasteiger partial charge in [-0.25, -0.2) is 0 Å². The number of nitrogens with zero attached hydrogens (tertiary/aromatic N) is 4. The van der Waals surface area contributed by atoms with Gasteiger partial charge in [-0.1, -0.05) is 102 Å². The fourth-order valence-corrected chi connectivity index (χ4v) is 6.90. The van der Waals surface area contributed by atoms with E-state index in [-0.39, 0.29) is 0 Å². The maximum Gasteiger partial charge on any atom is 0.155 e. The third-order valence-corrected chi connectivity index (χ3v) is 9.05. The van der Waals surface area contributed by atoms with E-state index in [4.69, 9.17) is 0 Å². The van der Waals surface area contributed by atoms with E-state index in [1.807, 2.05) is 0 Å². The Morgan fingerprint density at radius 3 is 0.881 bits per heavy atom. The second-order valence-corrected chi connectivity index (χ2v) is 12.0. The van der Waals surface area contributed by atoms with E-state index in [0.29, 0.717) is 0 Å².